The van der Waals surface area contributed by atoms with Gasteiger partial charge in [0, 0.05) is 50.5 Å². The van der Waals surface area contributed by atoms with Gasteiger partial charge in [-0.15, -0.1) is 0 Å². The van der Waals surface area contributed by atoms with Crippen molar-refractivity contribution in [3.8, 4) is 6.01 Å². The monoisotopic (exact) mass is 678 g/mol. The van der Waals surface area contributed by atoms with Crippen molar-refractivity contribution in [2.24, 2.45) is 0 Å². The third kappa shape index (κ3) is 6.15. The van der Waals surface area contributed by atoms with Gasteiger partial charge in [-0.25, -0.2) is 9.18 Å². The van der Waals surface area contributed by atoms with E-state index < -0.39 is 5.69 Å². The zero-order valence-electron chi connectivity index (χ0n) is 25.5. The average Bonchev–Trinajstić information content (AvgIpc) is 3.08. The number of piperidine rings is 2. The van der Waals surface area contributed by atoms with Crippen molar-refractivity contribution < 1.29 is 9.13 Å². The van der Waals surface area contributed by atoms with Gasteiger partial charge in [0.2, 0.25) is 0 Å². The minimum atomic E-state index is -0.423. The molecule has 47 heavy (non-hydrogen) atoms. The number of nitrogens with one attached hydrogen (secondary N) is 1. The molecule has 0 radical (unpaired) electrons. The Labute approximate surface area is 278 Å². The molecule has 10 nitrogen and oxygen atoms in total. The molecule has 2 unspecified atom stereocenters. The van der Waals surface area contributed by atoms with Crippen molar-refractivity contribution in [3.05, 3.63) is 108 Å². The van der Waals surface area contributed by atoms with Crippen LogP contribution < -0.4 is 26.4 Å². The predicted molar refractivity (Wildman–Crippen MR) is 182 cm³/mol. The smallest absolute Gasteiger partial charge is 0.328 e. The first-order valence-corrected chi connectivity index (χ1v) is 16.5. The van der Waals surface area contributed by atoms with E-state index in [0.717, 1.165) is 51.0 Å². The van der Waals surface area contributed by atoms with Crippen molar-refractivity contribution >= 4 is 50.7 Å². The summed E-state index contributed by atoms with van der Waals surface area (Å²) in [6, 6.07) is 18.2. The number of nitrogens with zero attached hydrogens (tertiary/aromatic N) is 5. The summed E-state index contributed by atoms with van der Waals surface area (Å²) >= 11 is 12.1. The quantitative estimate of drug-likeness (QED) is 0.277. The molecule has 13 heteroatoms. The summed E-state index contributed by atoms with van der Waals surface area (Å²) in [5.74, 6) is -0.214. The Morgan fingerprint density at radius 1 is 0.872 bits per heavy atom. The lowest BCUT2D eigenvalue weighted by Crippen LogP contribution is -2.63. The van der Waals surface area contributed by atoms with E-state index in [1.165, 1.54) is 16.7 Å². The lowest BCUT2D eigenvalue weighted by Gasteiger charge is -2.52. The number of halogens is 3. The van der Waals surface area contributed by atoms with Crippen LogP contribution in [-0.4, -0.2) is 62.3 Å². The minimum absolute atomic E-state index is 0.0813. The van der Waals surface area contributed by atoms with E-state index in [-0.39, 0.29) is 16.9 Å². The molecule has 0 saturated carbocycles. The number of benzene rings is 3. The van der Waals surface area contributed by atoms with E-state index in [9.17, 15) is 18.8 Å². The lowest BCUT2D eigenvalue weighted by atomic mass is 9.90. The minimum Gasteiger partial charge on any atom is -0.465 e. The topological polar surface area (TPSA) is 105 Å². The van der Waals surface area contributed by atoms with Crippen molar-refractivity contribution in [3.63, 3.8) is 0 Å². The Bertz CT molecular complexity index is 2130. The van der Waals surface area contributed by atoms with Crippen LogP contribution in [0.25, 0.3) is 21.8 Å². The summed E-state index contributed by atoms with van der Waals surface area (Å²) in [4.78, 5) is 49.2. The van der Waals surface area contributed by atoms with Crippen molar-refractivity contribution in [1.29, 1.82) is 0 Å². The molecule has 4 aliphatic rings. The number of ether oxygens (including phenoxy) is 1. The van der Waals surface area contributed by atoms with E-state index in [1.807, 2.05) is 12.1 Å². The molecule has 3 fully saturated rings. The molecule has 2 aromatic heterocycles. The van der Waals surface area contributed by atoms with Crippen LogP contribution in [0.1, 0.15) is 25.7 Å². The Hall–Kier alpha value is -4.19. The SMILES string of the molecule is O=c1[nH]c2c(Cl)cccc2c(=O)n1CCCN1CC2CCC1CN2c1ccc(F)cc1.O=c1c2cccc(Cl)c2nc2n1CCCO2. The van der Waals surface area contributed by atoms with E-state index in [1.54, 1.807) is 41.0 Å². The molecule has 9 rings (SSSR count). The van der Waals surface area contributed by atoms with Crippen LogP contribution in [0.15, 0.2) is 75.0 Å². The van der Waals surface area contributed by atoms with Crippen LogP contribution in [0.3, 0.4) is 0 Å². The Morgan fingerprint density at radius 2 is 1.62 bits per heavy atom. The normalized spacial score (nSPS) is 18.9. The average molecular weight is 680 g/mol. The maximum atomic E-state index is 13.3. The van der Waals surface area contributed by atoms with Gasteiger partial charge >= 0.3 is 5.69 Å². The molecule has 3 saturated heterocycles. The summed E-state index contributed by atoms with van der Waals surface area (Å²) in [7, 11) is 0. The van der Waals surface area contributed by atoms with Gasteiger partial charge in [-0.1, -0.05) is 35.3 Å². The van der Waals surface area contributed by atoms with Gasteiger partial charge in [0.25, 0.3) is 17.1 Å². The van der Waals surface area contributed by atoms with Crippen molar-refractivity contribution in [1.82, 2.24) is 24.0 Å². The maximum absolute atomic E-state index is 13.3. The number of para-hydroxylation sites is 2. The van der Waals surface area contributed by atoms with Gasteiger partial charge in [0.05, 0.1) is 32.9 Å². The Kier molecular flexibility index (Phi) is 8.78. The van der Waals surface area contributed by atoms with Crippen LogP contribution in [0.5, 0.6) is 6.01 Å². The van der Waals surface area contributed by atoms with Crippen molar-refractivity contribution in [2.45, 2.75) is 50.9 Å². The Morgan fingerprint density at radius 3 is 2.38 bits per heavy atom. The second-order valence-electron chi connectivity index (χ2n) is 12.1. The molecule has 4 aliphatic heterocycles. The summed E-state index contributed by atoms with van der Waals surface area (Å²) in [5, 5.41) is 1.82. The number of anilines is 1. The van der Waals surface area contributed by atoms with Gasteiger partial charge in [0.1, 0.15) is 11.3 Å². The molecule has 5 aromatic rings. The zero-order chi connectivity index (χ0) is 32.7. The van der Waals surface area contributed by atoms with Crippen LogP contribution >= 0.6 is 23.2 Å². The van der Waals surface area contributed by atoms with E-state index >= 15 is 0 Å². The molecule has 2 atom stereocenters. The van der Waals surface area contributed by atoms with Crippen LogP contribution in [0, 0.1) is 5.82 Å². The van der Waals surface area contributed by atoms with Crippen LogP contribution in [0.2, 0.25) is 10.0 Å². The zero-order valence-corrected chi connectivity index (χ0v) is 27.0. The fraction of sp³-hybridized carbons (Fsp3) is 0.353. The number of aromatic amines is 1. The molecule has 244 valence electrons. The molecule has 0 spiro atoms. The molecule has 1 N–H and O–H groups in total. The number of H-pyrrole nitrogens is 1. The summed E-state index contributed by atoms with van der Waals surface area (Å²) < 4.78 is 21.5. The number of hydrogen-bond donors (Lipinski definition) is 1. The molecule has 2 bridgehead atoms. The number of piperazine rings is 1. The van der Waals surface area contributed by atoms with Gasteiger partial charge < -0.3 is 14.6 Å². The lowest BCUT2D eigenvalue weighted by molar-refractivity contribution is 0.0935. The van der Waals surface area contributed by atoms with E-state index in [2.05, 4.69) is 19.8 Å². The largest absolute Gasteiger partial charge is 0.465 e. The third-order valence-electron chi connectivity index (χ3n) is 9.25. The summed E-state index contributed by atoms with van der Waals surface area (Å²) in [6.07, 6.45) is 3.82. The molecule has 0 aliphatic carbocycles. The highest BCUT2D eigenvalue weighted by molar-refractivity contribution is 6.35. The first kappa shape index (κ1) is 31.4. The second-order valence-corrected chi connectivity index (χ2v) is 12.9. The van der Waals surface area contributed by atoms with Crippen LogP contribution in [-0.2, 0) is 13.1 Å². The van der Waals surface area contributed by atoms with Gasteiger partial charge in [-0.05, 0) is 74.2 Å². The fourth-order valence-electron chi connectivity index (χ4n) is 6.90. The fourth-order valence-corrected chi connectivity index (χ4v) is 7.34. The first-order valence-electron chi connectivity index (χ1n) is 15.8. The highest BCUT2D eigenvalue weighted by Gasteiger charge is 2.38. The predicted octanol–water partition coefficient (Wildman–Crippen LogP) is 5.06. The van der Waals surface area contributed by atoms with Crippen molar-refractivity contribution in [2.75, 3.05) is 31.1 Å². The number of aromatic nitrogens is 4. The second kappa shape index (κ2) is 13.1. The molecule has 6 heterocycles. The third-order valence-corrected chi connectivity index (χ3v) is 9.87. The van der Waals surface area contributed by atoms with Gasteiger partial charge in [0.15, 0.2) is 0 Å². The van der Waals surface area contributed by atoms with Gasteiger partial charge in [-0.2, -0.15) is 4.98 Å². The maximum Gasteiger partial charge on any atom is 0.328 e. The molecule has 3 aromatic carbocycles. The molecule has 0 amide bonds. The van der Waals surface area contributed by atoms with Crippen LogP contribution in [0.4, 0.5) is 10.1 Å². The first-order chi connectivity index (χ1) is 22.8. The Balaban J connectivity index is 0.000000183. The highest BCUT2D eigenvalue weighted by Crippen LogP contribution is 2.33. The summed E-state index contributed by atoms with van der Waals surface area (Å²) in [6.45, 7) is 4.32. The summed E-state index contributed by atoms with van der Waals surface area (Å²) in [5.41, 5.74) is 1.18. The van der Waals surface area contributed by atoms with E-state index in [4.69, 9.17) is 27.9 Å². The number of fused-ring (bicyclic) bond motifs is 6. The van der Waals surface area contributed by atoms with Gasteiger partial charge in [-0.3, -0.25) is 23.6 Å². The molecular weight excluding hydrogens is 646 g/mol. The standard InChI is InChI=1S/C23H24ClFN4O2.C11H9ClN2O2/c24-20-4-1-3-19-21(20)26-23(31)28(22(19)30)12-2-11-27-13-18-10-9-17(27)14-29(18)16-7-5-15(25)6-8-16;12-8-4-1-3-7-9(8)13-11-14(10(7)15)5-2-6-16-11/h1,3-8,17-18H,2,9-14H2,(H,26,31);1,3-4H,2,5-6H2. The number of rotatable bonds is 5. The van der Waals surface area contributed by atoms with E-state index in [0.29, 0.717) is 69.6 Å². The molecular formula is C34H33Cl2FN6O4. The highest BCUT2D eigenvalue weighted by atomic mass is 35.5. The number of hydrogen-bond acceptors (Lipinski definition) is 7.